The summed E-state index contributed by atoms with van der Waals surface area (Å²) in [6.07, 6.45) is 2.75. The number of ether oxygens (including phenoxy) is 1. The molecule has 0 aliphatic rings. The summed E-state index contributed by atoms with van der Waals surface area (Å²) in [5.74, 6) is 0.886. The van der Waals surface area contributed by atoms with Crippen LogP contribution in [0.15, 0.2) is 30.5 Å². The summed E-state index contributed by atoms with van der Waals surface area (Å²) in [6.45, 7) is 5.37. The van der Waals surface area contributed by atoms with E-state index in [2.05, 4.69) is 10.3 Å². The first kappa shape index (κ1) is 13.9. The van der Waals surface area contributed by atoms with Gasteiger partial charge in [0, 0.05) is 0 Å². The van der Waals surface area contributed by atoms with E-state index in [1.165, 1.54) is 0 Å². The van der Waals surface area contributed by atoms with Crippen LogP contribution in [0.4, 0.5) is 0 Å². The number of alkyl halides is 1. The standard InChI is InChI=1S/C14H18ClN3O/c1-3-13(15)14-10-18(17-16-14)9-11-5-7-12(8-6-11)19-4-2/h5-8,10,13H,3-4,9H2,1-2H3. The van der Waals surface area contributed by atoms with E-state index < -0.39 is 0 Å². The molecular formula is C14H18ClN3O. The molecule has 0 bridgehead atoms. The molecule has 19 heavy (non-hydrogen) atoms. The lowest BCUT2D eigenvalue weighted by molar-refractivity contribution is 0.340. The van der Waals surface area contributed by atoms with Gasteiger partial charge in [0.25, 0.3) is 0 Å². The molecule has 0 N–H and O–H groups in total. The Morgan fingerprint density at radius 2 is 2.00 bits per heavy atom. The van der Waals surface area contributed by atoms with Crippen LogP contribution in [0, 0.1) is 0 Å². The Labute approximate surface area is 118 Å². The largest absolute Gasteiger partial charge is 0.494 e. The first-order chi connectivity index (χ1) is 9.22. The van der Waals surface area contributed by atoms with Gasteiger partial charge in [-0.25, -0.2) is 4.68 Å². The van der Waals surface area contributed by atoms with E-state index in [0.717, 1.165) is 23.4 Å². The van der Waals surface area contributed by atoms with Gasteiger partial charge < -0.3 is 4.74 Å². The normalized spacial score (nSPS) is 12.4. The van der Waals surface area contributed by atoms with Gasteiger partial charge in [0.1, 0.15) is 11.4 Å². The molecule has 0 spiro atoms. The predicted octanol–water partition coefficient (Wildman–Crippen LogP) is 3.42. The lowest BCUT2D eigenvalue weighted by Gasteiger charge is -2.05. The third-order valence-electron chi connectivity index (χ3n) is 2.81. The lowest BCUT2D eigenvalue weighted by atomic mass is 10.2. The second-order valence-corrected chi connectivity index (χ2v) is 4.82. The second kappa shape index (κ2) is 6.57. The van der Waals surface area contributed by atoms with Gasteiger partial charge in [-0.05, 0) is 31.0 Å². The zero-order valence-electron chi connectivity index (χ0n) is 11.2. The van der Waals surface area contributed by atoms with E-state index in [4.69, 9.17) is 16.3 Å². The number of nitrogens with zero attached hydrogens (tertiary/aromatic N) is 3. The Hall–Kier alpha value is -1.55. The number of hydrogen-bond donors (Lipinski definition) is 0. The van der Waals surface area contributed by atoms with E-state index in [1.54, 1.807) is 4.68 Å². The molecule has 0 saturated carbocycles. The topological polar surface area (TPSA) is 39.9 Å². The van der Waals surface area contributed by atoms with E-state index in [9.17, 15) is 0 Å². The van der Waals surface area contributed by atoms with Crippen molar-refractivity contribution in [2.24, 2.45) is 0 Å². The highest BCUT2D eigenvalue weighted by atomic mass is 35.5. The van der Waals surface area contributed by atoms with Crippen LogP contribution in [0.3, 0.4) is 0 Å². The molecule has 0 radical (unpaired) electrons. The minimum absolute atomic E-state index is 0.0610. The molecule has 1 heterocycles. The fourth-order valence-corrected chi connectivity index (χ4v) is 1.89. The predicted molar refractivity (Wildman–Crippen MR) is 75.6 cm³/mol. The summed E-state index contributed by atoms with van der Waals surface area (Å²) in [7, 11) is 0. The summed E-state index contributed by atoms with van der Waals surface area (Å²) in [5.41, 5.74) is 1.98. The fraction of sp³-hybridized carbons (Fsp3) is 0.429. The van der Waals surface area contributed by atoms with Crippen molar-refractivity contribution in [2.45, 2.75) is 32.2 Å². The van der Waals surface area contributed by atoms with Crippen LogP contribution >= 0.6 is 11.6 Å². The van der Waals surface area contributed by atoms with Crippen molar-refractivity contribution < 1.29 is 4.74 Å². The van der Waals surface area contributed by atoms with Crippen LogP contribution in [0.2, 0.25) is 0 Å². The third-order valence-corrected chi connectivity index (χ3v) is 3.35. The summed E-state index contributed by atoms with van der Waals surface area (Å²) in [5, 5.41) is 8.12. The van der Waals surface area contributed by atoms with E-state index in [1.807, 2.05) is 44.3 Å². The number of aromatic nitrogens is 3. The SMILES string of the molecule is CCOc1ccc(Cn2cc(C(Cl)CC)nn2)cc1. The van der Waals surface area contributed by atoms with Crippen LogP contribution in [0.5, 0.6) is 5.75 Å². The first-order valence-electron chi connectivity index (χ1n) is 6.48. The molecule has 102 valence electrons. The van der Waals surface area contributed by atoms with E-state index >= 15 is 0 Å². The molecule has 5 heteroatoms. The molecule has 2 aromatic rings. The average molecular weight is 280 g/mol. The minimum Gasteiger partial charge on any atom is -0.494 e. The van der Waals surface area contributed by atoms with Gasteiger partial charge in [0.2, 0.25) is 0 Å². The molecule has 2 rings (SSSR count). The van der Waals surface area contributed by atoms with Crippen molar-refractivity contribution in [3.05, 3.63) is 41.7 Å². The average Bonchev–Trinajstić information content (AvgIpc) is 2.89. The van der Waals surface area contributed by atoms with Gasteiger partial charge in [0.15, 0.2) is 0 Å². The first-order valence-corrected chi connectivity index (χ1v) is 6.92. The summed E-state index contributed by atoms with van der Waals surface area (Å²) in [6, 6.07) is 7.99. The van der Waals surface area contributed by atoms with Gasteiger partial charge >= 0.3 is 0 Å². The molecule has 1 unspecified atom stereocenters. The zero-order chi connectivity index (χ0) is 13.7. The molecule has 0 aliphatic carbocycles. The van der Waals surface area contributed by atoms with Crippen molar-refractivity contribution in [3.63, 3.8) is 0 Å². The smallest absolute Gasteiger partial charge is 0.119 e. The van der Waals surface area contributed by atoms with Crippen molar-refractivity contribution >= 4 is 11.6 Å². The Morgan fingerprint density at radius 1 is 1.26 bits per heavy atom. The molecule has 4 nitrogen and oxygen atoms in total. The number of hydrogen-bond acceptors (Lipinski definition) is 3. The third kappa shape index (κ3) is 3.70. The highest BCUT2D eigenvalue weighted by molar-refractivity contribution is 6.20. The molecule has 0 aliphatic heterocycles. The van der Waals surface area contributed by atoms with Gasteiger partial charge in [-0.2, -0.15) is 0 Å². The molecule has 0 fully saturated rings. The summed E-state index contributed by atoms with van der Waals surface area (Å²) in [4.78, 5) is 0. The van der Waals surface area contributed by atoms with E-state index in [-0.39, 0.29) is 5.38 Å². The van der Waals surface area contributed by atoms with Crippen LogP contribution in [0.25, 0.3) is 0 Å². The van der Waals surface area contributed by atoms with Gasteiger partial charge in [-0.3, -0.25) is 0 Å². The highest BCUT2D eigenvalue weighted by Gasteiger charge is 2.09. The quantitative estimate of drug-likeness (QED) is 0.761. The van der Waals surface area contributed by atoms with Crippen molar-refractivity contribution in [2.75, 3.05) is 6.61 Å². The molecule has 0 amide bonds. The Morgan fingerprint density at radius 3 is 2.63 bits per heavy atom. The van der Waals surface area contributed by atoms with Crippen LogP contribution in [-0.2, 0) is 6.54 Å². The lowest BCUT2D eigenvalue weighted by Crippen LogP contribution is -2.00. The van der Waals surface area contributed by atoms with Crippen molar-refractivity contribution in [1.29, 1.82) is 0 Å². The van der Waals surface area contributed by atoms with Crippen LogP contribution in [0.1, 0.15) is 36.9 Å². The monoisotopic (exact) mass is 279 g/mol. The Kier molecular flexibility index (Phi) is 4.80. The van der Waals surface area contributed by atoms with Crippen LogP contribution in [-0.4, -0.2) is 21.6 Å². The number of benzene rings is 1. The van der Waals surface area contributed by atoms with Crippen molar-refractivity contribution in [3.8, 4) is 5.75 Å². The van der Waals surface area contributed by atoms with Gasteiger partial charge in [-0.15, -0.1) is 16.7 Å². The molecule has 0 saturated heterocycles. The molecular weight excluding hydrogens is 262 g/mol. The maximum atomic E-state index is 6.13. The van der Waals surface area contributed by atoms with Gasteiger partial charge in [-0.1, -0.05) is 24.3 Å². The number of rotatable bonds is 6. The van der Waals surface area contributed by atoms with Crippen molar-refractivity contribution in [1.82, 2.24) is 15.0 Å². The van der Waals surface area contributed by atoms with E-state index in [0.29, 0.717) is 13.2 Å². The van der Waals surface area contributed by atoms with Crippen LogP contribution < -0.4 is 4.74 Å². The zero-order valence-corrected chi connectivity index (χ0v) is 12.0. The molecule has 1 aromatic carbocycles. The molecule has 1 atom stereocenters. The highest BCUT2D eigenvalue weighted by Crippen LogP contribution is 2.21. The van der Waals surface area contributed by atoms with Gasteiger partial charge in [0.05, 0.1) is 24.7 Å². The number of halogens is 1. The second-order valence-electron chi connectivity index (χ2n) is 4.29. The Bertz CT molecular complexity index is 510. The minimum atomic E-state index is -0.0610. The summed E-state index contributed by atoms with van der Waals surface area (Å²) < 4.78 is 7.21. The Balaban J connectivity index is 2.02. The summed E-state index contributed by atoms with van der Waals surface area (Å²) >= 11 is 6.13. The maximum absolute atomic E-state index is 6.13. The fourth-order valence-electron chi connectivity index (χ4n) is 1.79. The maximum Gasteiger partial charge on any atom is 0.119 e. The molecule has 1 aromatic heterocycles.